The highest BCUT2D eigenvalue weighted by Crippen LogP contribution is 2.24. The number of rotatable bonds is 2. The topological polar surface area (TPSA) is 50.2 Å². The Labute approximate surface area is 116 Å². The molecule has 3 nitrogen and oxygen atoms in total. The van der Waals surface area contributed by atoms with Crippen molar-refractivity contribution in [3.63, 3.8) is 0 Å². The lowest BCUT2D eigenvalue weighted by Gasteiger charge is -2.06. The molecule has 0 saturated carbocycles. The maximum atomic E-state index is 11.0. The highest BCUT2D eigenvalue weighted by molar-refractivity contribution is 5.90. The van der Waals surface area contributed by atoms with Crippen molar-refractivity contribution in [3.8, 4) is 11.3 Å². The highest BCUT2D eigenvalue weighted by Gasteiger charge is 2.09. The quantitative estimate of drug-likeness (QED) is 0.762. The Morgan fingerprint density at radius 2 is 1.75 bits per heavy atom. The van der Waals surface area contributed by atoms with Gasteiger partial charge in [-0.15, -0.1) is 0 Å². The Balaban J connectivity index is 2.11. The third-order valence-corrected chi connectivity index (χ3v) is 3.36. The fourth-order valence-electron chi connectivity index (χ4n) is 2.30. The van der Waals surface area contributed by atoms with Crippen LogP contribution in [-0.4, -0.2) is 16.1 Å². The van der Waals surface area contributed by atoms with E-state index < -0.39 is 5.97 Å². The van der Waals surface area contributed by atoms with Crippen molar-refractivity contribution in [2.45, 2.75) is 6.92 Å². The van der Waals surface area contributed by atoms with E-state index >= 15 is 0 Å². The van der Waals surface area contributed by atoms with Gasteiger partial charge < -0.3 is 5.11 Å². The van der Waals surface area contributed by atoms with Crippen LogP contribution in [0.15, 0.2) is 54.6 Å². The lowest BCUT2D eigenvalue weighted by Crippen LogP contribution is -2.02. The number of hydrogen-bond donors (Lipinski definition) is 1. The Kier molecular flexibility index (Phi) is 2.95. The van der Waals surface area contributed by atoms with Crippen LogP contribution in [-0.2, 0) is 0 Å². The molecule has 1 heterocycles. The van der Waals surface area contributed by atoms with Crippen molar-refractivity contribution in [3.05, 3.63) is 65.9 Å². The fraction of sp³-hybridized carbons (Fsp3) is 0.0588. The van der Waals surface area contributed by atoms with Crippen LogP contribution in [0, 0.1) is 6.92 Å². The second-order valence-electron chi connectivity index (χ2n) is 4.70. The zero-order chi connectivity index (χ0) is 14.1. The molecule has 0 atom stereocenters. The second-order valence-corrected chi connectivity index (χ2v) is 4.70. The van der Waals surface area contributed by atoms with E-state index in [0.717, 1.165) is 16.6 Å². The number of carboxylic acids is 1. The van der Waals surface area contributed by atoms with Gasteiger partial charge in [-0.25, -0.2) is 4.79 Å². The summed E-state index contributed by atoms with van der Waals surface area (Å²) in [5.74, 6) is -0.944. The molecule has 0 spiro atoms. The van der Waals surface area contributed by atoms with Gasteiger partial charge in [-0.3, -0.25) is 4.98 Å². The van der Waals surface area contributed by atoms with Crippen LogP contribution >= 0.6 is 0 Å². The summed E-state index contributed by atoms with van der Waals surface area (Å²) in [7, 11) is 0. The van der Waals surface area contributed by atoms with Gasteiger partial charge >= 0.3 is 5.97 Å². The molecule has 0 radical (unpaired) electrons. The van der Waals surface area contributed by atoms with Crippen LogP contribution in [0.1, 0.15) is 16.1 Å². The number of fused-ring (bicyclic) bond motifs is 1. The summed E-state index contributed by atoms with van der Waals surface area (Å²) >= 11 is 0. The second kappa shape index (κ2) is 4.78. The maximum absolute atomic E-state index is 11.0. The van der Waals surface area contributed by atoms with E-state index in [1.165, 1.54) is 5.39 Å². The number of carboxylic acid groups (broad SMARTS) is 1. The van der Waals surface area contributed by atoms with Gasteiger partial charge in [0.2, 0.25) is 0 Å². The molecule has 2 aromatic carbocycles. The van der Waals surface area contributed by atoms with E-state index in [4.69, 9.17) is 5.11 Å². The number of hydrogen-bond acceptors (Lipinski definition) is 2. The molecule has 3 heteroatoms. The Bertz CT molecular complexity index is 809. The van der Waals surface area contributed by atoms with Crippen molar-refractivity contribution in [2.24, 2.45) is 0 Å². The fourth-order valence-corrected chi connectivity index (χ4v) is 2.30. The third kappa shape index (κ3) is 2.14. The molecule has 3 aromatic rings. The van der Waals surface area contributed by atoms with Crippen LogP contribution in [0.5, 0.6) is 0 Å². The van der Waals surface area contributed by atoms with Gasteiger partial charge in [0, 0.05) is 5.56 Å². The van der Waals surface area contributed by atoms with Gasteiger partial charge in [0.15, 0.2) is 0 Å². The van der Waals surface area contributed by atoms with Crippen molar-refractivity contribution in [1.29, 1.82) is 0 Å². The molecule has 0 amide bonds. The number of carbonyl (C=O) groups is 1. The first kappa shape index (κ1) is 12.4. The molecule has 0 aliphatic heterocycles. The first-order valence-corrected chi connectivity index (χ1v) is 6.35. The van der Waals surface area contributed by atoms with E-state index in [2.05, 4.69) is 23.2 Å². The number of benzene rings is 2. The summed E-state index contributed by atoms with van der Waals surface area (Å²) in [5.41, 5.74) is 2.56. The molecular formula is C17H13NO2. The maximum Gasteiger partial charge on any atom is 0.337 e. The van der Waals surface area contributed by atoms with Gasteiger partial charge in [-0.1, -0.05) is 36.4 Å². The SMILES string of the molecule is Cc1nc(-c2ccc3ccccc3c2)ccc1C(=O)O. The molecule has 0 aliphatic rings. The number of aromatic carboxylic acids is 1. The summed E-state index contributed by atoms with van der Waals surface area (Å²) in [6, 6.07) is 17.6. The highest BCUT2D eigenvalue weighted by atomic mass is 16.4. The molecule has 0 fully saturated rings. The minimum absolute atomic E-state index is 0.245. The van der Waals surface area contributed by atoms with Crippen molar-refractivity contribution >= 4 is 16.7 Å². The number of nitrogens with zero attached hydrogens (tertiary/aromatic N) is 1. The zero-order valence-electron chi connectivity index (χ0n) is 11.0. The minimum atomic E-state index is -0.944. The molecule has 0 saturated heterocycles. The van der Waals surface area contributed by atoms with Crippen LogP contribution in [0.25, 0.3) is 22.0 Å². The third-order valence-electron chi connectivity index (χ3n) is 3.36. The van der Waals surface area contributed by atoms with Gasteiger partial charge in [-0.05, 0) is 35.9 Å². The smallest absolute Gasteiger partial charge is 0.337 e. The average molecular weight is 263 g/mol. The standard InChI is InChI=1S/C17H13NO2/c1-11-15(17(19)20)8-9-16(18-11)14-7-6-12-4-2-3-5-13(12)10-14/h2-10H,1H3,(H,19,20). The number of aryl methyl sites for hydroxylation is 1. The Morgan fingerprint density at radius 3 is 2.45 bits per heavy atom. The molecule has 1 N–H and O–H groups in total. The van der Waals surface area contributed by atoms with Crippen molar-refractivity contribution < 1.29 is 9.90 Å². The zero-order valence-corrected chi connectivity index (χ0v) is 11.0. The normalized spacial score (nSPS) is 10.7. The van der Waals surface area contributed by atoms with Crippen LogP contribution in [0.2, 0.25) is 0 Å². The first-order valence-electron chi connectivity index (χ1n) is 6.35. The van der Waals surface area contributed by atoms with E-state index in [9.17, 15) is 4.79 Å². The van der Waals surface area contributed by atoms with Gasteiger partial charge in [0.25, 0.3) is 0 Å². The summed E-state index contributed by atoms with van der Waals surface area (Å²) in [4.78, 5) is 15.4. The molecule has 1 aromatic heterocycles. The minimum Gasteiger partial charge on any atom is -0.478 e. The lowest BCUT2D eigenvalue weighted by molar-refractivity contribution is 0.0695. The molecule has 0 unspecified atom stereocenters. The summed E-state index contributed by atoms with van der Waals surface area (Å²) in [6.45, 7) is 1.72. The monoisotopic (exact) mass is 263 g/mol. The van der Waals surface area contributed by atoms with Crippen LogP contribution in [0.3, 0.4) is 0 Å². The van der Waals surface area contributed by atoms with Crippen molar-refractivity contribution in [2.75, 3.05) is 0 Å². The molecular weight excluding hydrogens is 250 g/mol. The average Bonchev–Trinajstić information content (AvgIpc) is 2.46. The first-order chi connectivity index (χ1) is 9.65. The predicted molar refractivity (Wildman–Crippen MR) is 78.9 cm³/mol. The number of pyridine rings is 1. The van der Waals surface area contributed by atoms with Crippen LogP contribution < -0.4 is 0 Å². The largest absolute Gasteiger partial charge is 0.478 e. The Morgan fingerprint density at radius 1 is 1.00 bits per heavy atom. The van der Waals surface area contributed by atoms with Gasteiger partial charge in [-0.2, -0.15) is 0 Å². The van der Waals surface area contributed by atoms with E-state index in [1.54, 1.807) is 19.1 Å². The molecule has 0 aliphatic carbocycles. The summed E-state index contributed by atoms with van der Waals surface area (Å²) in [5, 5.41) is 11.3. The van der Waals surface area contributed by atoms with Crippen LogP contribution in [0.4, 0.5) is 0 Å². The van der Waals surface area contributed by atoms with Crippen molar-refractivity contribution in [1.82, 2.24) is 4.98 Å². The van der Waals surface area contributed by atoms with Gasteiger partial charge in [0.1, 0.15) is 0 Å². The molecule has 3 rings (SSSR count). The molecule has 98 valence electrons. The Hall–Kier alpha value is -2.68. The van der Waals surface area contributed by atoms with E-state index in [-0.39, 0.29) is 5.56 Å². The molecule has 20 heavy (non-hydrogen) atoms. The van der Waals surface area contributed by atoms with E-state index in [0.29, 0.717) is 5.69 Å². The molecule has 0 bridgehead atoms. The predicted octanol–water partition coefficient (Wildman–Crippen LogP) is 3.91. The lowest BCUT2D eigenvalue weighted by atomic mass is 10.0. The van der Waals surface area contributed by atoms with Gasteiger partial charge in [0.05, 0.1) is 17.0 Å². The summed E-state index contributed by atoms with van der Waals surface area (Å²) in [6.07, 6.45) is 0. The van der Waals surface area contributed by atoms with E-state index in [1.807, 2.05) is 24.3 Å². The number of aromatic nitrogens is 1. The summed E-state index contributed by atoms with van der Waals surface area (Å²) < 4.78 is 0.